The van der Waals surface area contributed by atoms with Gasteiger partial charge in [0, 0.05) is 24.6 Å². The van der Waals surface area contributed by atoms with E-state index in [1.807, 2.05) is 44.2 Å². The first-order valence-corrected chi connectivity index (χ1v) is 8.54. The Bertz CT molecular complexity index is 789. The Kier molecular flexibility index (Phi) is 4.95. The number of benzene rings is 2. The van der Waals surface area contributed by atoms with Crippen LogP contribution in [0.5, 0.6) is 11.5 Å². The molecule has 0 fully saturated rings. The number of carbonyl (C=O) groups excluding carboxylic acids is 1. The van der Waals surface area contributed by atoms with E-state index in [4.69, 9.17) is 10.5 Å². The number of nitrogens with two attached hydrogens (primary N) is 1. The lowest BCUT2D eigenvalue weighted by Crippen LogP contribution is -2.38. The summed E-state index contributed by atoms with van der Waals surface area (Å²) in [5, 5.41) is 10.4. The van der Waals surface area contributed by atoms with E-state index in [1.54, 1.807) is 11.0 Å². The number of aromatic hydroxyl groups is 1. The van der Waals surface area contributed by atoms with Gasteiger partial charge in [0.15, 0.2) is 11.5 Å². The molecule has 0 aromatic heterocycles. The zero-order chi connectivity index (χ0) is 18.0. The van der Waals surface area contributed by atoms with Gasteiger partial charge in [-0.25, -0.2) is 0 Å². The summed E-state index contributed by atoms with van der Waals surface area (Å²) in [7, 11) is 0. The number of amides is 1. The standard InChI is InChI=1S/C20H24N2O3/c1-13-5-3-4-6-17(13)15-9-16-12-22(20(24)14(2)11-21)7-8-25-19(16)18(23)10-15/h3-6,9-10,14,23H,7-8,11-12,21H2,1-2H3/t14-/m1/s1. The van der Waals surface area contributed by atoms with Crippen molar-refractivity contribution < 1.29 is 14.6 Å². The van der Waals surface area contributed by atoms with E-state index in [0.717, 1.165) is 22.3 Å². The summed E-state index contributed by atoms with van der Waals surface area (Å²) in [6.45, 7) is 5.43. The number of hydrogen-bond acceptors (Lipinski definition) is 4. The van der Waals surface area contributed by atoms with E-state index in [-0.39, 0.29) is 17.6 Å². The van der Waals surface area contributed by atoms with Crippen molar-refractivity contribution in [2.75, 3.05) is 19.7 Å². The van der Waals surface area contributed by atoms with Gasteiger partial charge in [-0.1, -0.05) is 31.2 Å². The first-order valence-electron chi connectivity index (χ1n) is 8.54. The Morgan fingerprint density at radius 3 is 2.84 bits per heavy atom. The molecule has 1 amide bonds. The molecule has 5 nitrogen and oxygen atoms in total. The van der Waals surface area contributed by atoms with Gasteiger partial charge in [-0.3, -0.25) is 4.79 Å². The quantitative estimate of drug-likeness (QED) is 0.901. The first-order chi connectivity index (χ1) is 12.0. The van der Waals surface area contributed by atoms with Crippen LogP contribution >= 0.6 is 0 Å². The fourth-order valence-electron chi connectivity index (χ4n) is 3.15. The topological polar surface area (TPSA) is 75.8 Å². The summed E-state index contributed by atoms with van der Waals surface area (Å²) < 4.78 is 5.72. The SMILES string of the molecule is Cc1ccccc1-c1cc(O)c2c(c1)CN(C(=O)[C@H](C)CN)CCO2. The third kappa shape index (κ3) is 3.46. The van der Waals surface area contributed by atoms with Crippen molar-refractivity contribution in [3.63, 3.8) is 0 Å². The minimum atomic E-state index is -0.227. The summed E-state index contributed by atoms with van der Waals surface area (Å²) in [6, 6.07) is 11.7. The van der Waals surface area contributed by atoms with Gasteiger partial charge in [0.2, 0.25) is 5.91 Å². The van der Waals surface area contributed by atoms with Gasteiger partial charge in [-0.15, -0.1) is 0 Å². The molecule has 0 saturated heterocycles. The van der Waals surface area contributed by atoms with Crippen LogP contribution in [0.3, 0.4) is 0 Å². The van der Waals surface area contributed by atoms with Crippen LogP contribution in [0.4, 0.5) is 0 Å². The molecule has 0 aliphatic carbocycles. The molecule has 0 unspecified atom stereocenters. The van der Waals surface area contributed by atoms with Gasteiger partial charge in [0.1, 0.15) is 6.61 Å². The summed E-state index contributed by atoms with van der Waals surface area (Å²) in [5.74, 6) is 0.361. The number of rotatable bonds is 3. The zero-order valence-corrected chi connectivity index (χ0v) is 14.7. The number of fused-ring (bicyclic) bond motifs is 1. The highest BCUT2D eigenvalue weighted by atomic mass is 16.5. The molecule has 1 aliphatic heterocycles. The van der Waals surface area contributed by atoms with E-state index in [1.165, 1.54) is 0 Å². The highest BCUT2D eigenvalue weighted by Crippen LogP contribution is 2.38. The number of hydrogen-bond donors (Lipinski definition) is 2. The molecule has 3 N–H and O–H groups in total. The Balaban J connectivity index is 1.99. The zero-order valence-electron chi connectivity index (χ0n) is 14.7. The van der Waals surface area contributed by atoms with Gasteiger partial charge >= 0.3 is 0 Å². The third-order valence-corrected chi connectivity index (χ3v) is 4.66. The number of ether oxygens (including phenoxy) is 1. The molecule has 2 aromatic carbocycles. The van der Waals surface area contributed by atoms with Crippen molar-refractivity contribution >= 4 is 5.91 Å². The van der Waals surface area contributed by atoms with Crippen LogP contribution < -0.4 is 10.5 Å². The summed E-state index contributed by atoms with van der Waals surface area (Å²) in [5.41, 5.74) is 9.54. The lowest BCUT2D eigenvalue weighted by molar-refractivity contribution is -0.135. The largest absolute Gasteiger partial charge is 0.504 e. The Morgan fingerprint density at radius 1 is 1.36 bits per heavy atom. The number of phenolic OH excluding ortho intramolecular Hbond substituents is 1. The highest BCUT2D eigenvalue weighted by molar-refractivity contribution is 5.79. The van der Waals surface area contributed by atoms with Crippen LogP contribution in [0.15, 0.2) is 36.4 Å². The van der Waals surface area contributed by atoms with Gasteiger partial charge in [-0.05, 0) is 35.7 Å². The molecule has 2 aromatic rings. The molecule has 3 rings (SSSR count). The second-order valence-electron chi connectivity index (χ2n) is 6.54. The van der Waals surface area contributed by atoms with Crippen molar-refractivity contribution in [2.24, 2.45) is 11.7 Å². The third-order valence-electron chi connectivity index (χ3n) is 4.66. The number of phenols is 1. The summed E-state index contributed by atoms with van der Waals surface area (Å²) in [6.07, 6.45) is 0. The fraction of sp³-hybridized carbons (Fsp3) is 0.350. The number of nitrogens with zero attached hydrogens (tertiary/aromatic N) is 1. The van der Waals surface area contributed by atoms with Crippen molar-refractivity contribution in [3.05, 3.63) is 47.5 Å². The second-order valence-corrected chi connectivity index (χ2v) is 6.54. The highest BCUT2D eigenvalue weighted by Gasteiger charge is 2.25. The van der Waals surface area contributed by atoms with E-state index in [0.29, 0.717) is 32.0 Å². The van der Waals surface area contributed by atoms with Crippen molar-refractivity contribution in [1.29, 1.82) is 0 Å². The molecule has 0 saturated carbocycles. The predicted octanol–water partition coefficient (Wildman–Crippen LogP) is 2.68. The van der Waals surface area contributed by atoms with Crippen molar-refractivity contribution in [1.82, 2.24) is 4.90 Å². The predicted molar refractivity (Wildman–Crippen MR) is 97.4 cm³/mol. The van der Waals surface area contributed by atoms with E-state index < -0.39 is 0 Å². The maximum Gasteiger partial charge on any atom is 0.227 e. The van der Waals surface area contributed by atoms with E-state index in [2.05, 4.69) is 0 Å². The Labute approximate surface area is 148 Å². The first kappa shape index (κ1) is 17.3. The lowest BCUT2D eigenvalue weighted by atomic mass is 9.97. The van der Waals surface area contributed by atoms with Gasteiger partial charge in [0.25, 0.3) is 0 Å². The van der Waals surface area contributed by atoms with Gasteiger partial charge in [0.05, 0.1) is 6.54 Å². The minimum Gasteiger partial charge on any atom is -0.504 e. The smallest absolute Gasteiger partial charge is 0.227 e. The maximum atomic E-state index is 12.5. The number of aryl methyl sites for hydroxylation is 1. The Morgan fingerprint density at radius 2 is 2.12 bits per heavy atom. The van der Waals surface area contributed by atoms with Gasteiger partial charge < -0.3 is 20.5 Å². The molecular weight excluding hydrogens is 316 g/mol. The van der Waals surface area contributed by atoms with Crippen molar-refractivity contribution in [2.45, 2.75) is 20.4 Å². The summed E-state index contributed by atoms with van der Waals surface area (Å²) in [4.78, 5) is 14.3. The Hall–Kier alpha value is -2.53. The molecule has 1 atom stereocenters. The van der Waals surface area contributed by atoms with Crippen LogP contribution in [-0.2, 0) is 11.3 Å². The normalized spacial score (nSPS) is 15.1. The van der Waals surface area contributed by atoms with Crippen LogP contribution in [0.1, 0.15) is 18.1 Å². The van der Waals surface area contributed by atoms with Crippen LogP contribution in [0.2, 0.25) is 0 Å². The molecule has 1 aliphatic rings. The molecule has 0 spiro atoms. The van der Waals surface area contributed by atoms with Crippen molar-refractivity contribution in [3.8, 4) is 22.6 Å². The van der Waals surface area contributed by atoms with E-state index >= 15 is 0 Å². The maximum absolute atomic E-state index is 12.5. The average Bonchev–Trinajstić information content (AvgIpc) is 2.83. The average molecular weight is 340 g/mol. The fourth-order valence-corrected chi connectivity index (χ4v) is 3.15. The molecule has 132 valence electrons. The molecule has 0 radical (unpaired) electrons. The molecule has 25 heavy (non-hydrogen) atoms. The number of carbonyl (C=O) groups is 1. The molecular formula is C20H24N2O3. The molecule has 1 heterocycles. The monoisotopic (exact) mass is 340 g/mol. The molecule has 0 bridgehead atoms. The van der Waals surface area contributed by atoms with E-state index in [9.17, 15) is 9.90 Å². The lowest BCUT2D eigenvalue weighted by Gasteiger charge is -2.23. The van der Waals surface area contributed by atoms with Crippen LogP contribution in [-0.4, -0.2) is 35.6 Å². The molecule has 5 heteroatoms. The van der Waals surface area contributed by atoms with Crippen LogP contribution in [0, 0.1) is 12.8 Å². The summed E-state index contributed by atoms with van der Waals surface area (Å²) >= 11 is 0. The van der Waals surface area contributed by atoms with Gasteiger partial charge in [-0.2, -0.15) is 0 Å². The minimum absolute atomic E-state index is 0.0136. The second kappa shape index (κ2) is 7.15. The van der Waals surface area contributed by atoms with Crippen LogP contribution in [0.25, 0.3) is 11.1 Å².